The molecule has 0 radical (unpaired) electrons. The molecule has 0 aliphatic carbocycles. The Hall–Kier alpha value is -2.23. The molecule has 0 saturated carbocycles. The first-order chi connectivity index (χ1) is 11.0. The van der Waals surface area contributed by atoms with Crippen LogP contribution in [-0.2, 0) is 0 Å². The lowest BCUT2D eigenvalue weighted by Gasteiger charge is -2.06. The van der Waals surface area contributed by atoms with Crippen LogP contribution >= 0.6 is 35.0 Å². The van der Waals surface area contributed by atoms with E-state index in [0.29, 0.717) is 21.6 Å². The number of nitrogen functional groups attached to an aromatic ring is 1. The monoisotopic (exact) mass is 371 g/mol. The van der Waals surface area contributed by atoms with E-state index in [0.717, 1.165) is 11.8 Å². The molecule has 0 saturated heterocycles. The molecule has 3 aromatic rings. The summed E-state index contributed by atoms with van der Waals surface area (Å²) in [6.45, 7) is 0. The zero-order chi connectivity index (χ0) is 16.6. The van der Waals surface area contributed by atoms with Crippen LogP contribution in [0, 0.1) is 10.1 Å². The maximum absolute atomic E-state index is 10.8. The van der Waals surface area contributed by atoms with E-state index < -0.39 is 4.92 Å². The highest BCUT2D eigenvalue weighted by Gasteiger charge is 2.20. The van der Waals surface area contributed by atoms with Gasteiger partial charge in [0.15, 0.2) is 5.76 Å². The molecule has 0 aliphatic rings. The maximum atomic E-state index is 10.8. The van der Waals surface area contributed by atoms with Crippen LogP contribution in [-0.4, -0.2) is 19.8 Å². The van der Waals surface area contributed by atoms with Crippen LogP contribution in [0.4, 0.5) is 5.69 Å². The van der Waals surface area contributed by atoms with E-state index in [-0.39, 0.29) is 15.7 Å². The van der Waals surface area contributed by atoms with Gasteiger partial charge in [0.2, 0.25) is 11.0 Å². The quantitative estimate of drug-likeness (QED) is 0.423. The molecule has 0 fully saturated rings. The number of nitrogens with zero attached hydrogens (tertiary/aromatic N) is 4. The second kappa shape index (κ2) is 6.11. The molecule has 1 aromatic carbocycles. The van der Waals surface area contributed by atoms with Crippen molar-refractivity contribution in [2.75, 3.05) is 5.84 Å². The third-order valence-corrected chi connectivity index (χ3v) is 4.72. The zero-order valence-corrected chi connectivity index (χ0v) is 13.5. The summed E-state index contributed by atoms with van der Waals surface area (Å²) in [7, 11) is 0. The highest BCUT2D eigenvalue weighted by molar-refractivity contribution is 7.99. The molecular weight excluding hydrogens is 365 g/mol. The summed E-state index contributed by atoms with van der Waals surface area (Å²) in [5.74, 6) is 6.71. The number of benzene rings is 1. The second-order valence-corrected chi connectivity index (χ2v) is 6.04. The Balaban J connectivity index is 1.96. The van der Waals surface area contributed by atoms with E-state index in [1.807, 2.05) is 0 Å². The number of nitrogens with two attached hydrogens (primary N) is 1. The van der Waals surface area contributed by atoms with Crippen LogP contribution in [0.15, 0.2) is 45.0 Å². The number of non-ortho nitro benzene ring substituents is 1. The lowest BCUT2D eigenvalue weighted by atomic mass is 10.3. The van der Waals surface area contributed by atoms with Gasteiger partial charge in [0.1, 0.15) is 0 Å². The van der Waals surface area contributed by atoms with Crippen LogP contribution in [0.25, 0.3) is 11.6 Å². The van der Waals surface area contributed by atoms with E-state index in [1.165, 1.54) is 23.1 Å². The molecule has 0 unspecified atom stereocenters. The fourth-order valence-electron chi connectivity index (χ4n) is 1.76. The largest absolute Gasteiger partial charge is 0.461 e. The number of nitro groups is 1. The van der Waals surface area contributed by atoms with Gasteiger partial charge in [-0.05, 0) is 23.9 Å². The van der Waals surface area contributed by atoms with Gasteiger partial charge in [0, 0.05) is 12.1 Å². The molecule has 0 spiro atoms. The van der Waals surface area contributed by atoms with Crippen molar-refractivity contribution in [3.8, 4) is 11.6 Å². The SMILES string of the molecule is Nn1c(Sc2c(Cl)cc([N+](=O)[O-])cc2Cl)nnc1-c1ccco1. The molecule has 2 aromatic heterocycles. The van der Waals surface area contributed by atoms with Crippen molar-refractivity contribution in [2.45, 2.75) is 10.1 Å². The minimum atomic E-state index is -0.577. The minimum absolute atomic E-state index is 0.122. The summed E-state index contributed by atoms with van der Waals surface area (Å²) < 4.78 is 6.43. The number of furan rings is 1. The van der Waals surface area contributed by atoms with Gasteiger partial charge in [-0.2, -0.15) is 0 Å². The van der Waals surface area contributed by atoms with E-state index in [2.05, 4.69) is 10.2 Å². The van der Waals surface area contributed by atoms with E-state index in [1.54, 1.807) is 12.1 Å². The first kappa shape index (κ1) is 15.7. The lowest BCUT2D eigenvalue weighted by molar-refractivity contribution is -0.384. The predicted molar refractivity (Wildman–Crippen MR) is 85.1 cm³/mol. The molecule has 0 amide bonds. The van der Waals surface area contributed by atoms with Crippen molar-refractivity contribution in [3.05, 3.63) is 50.7 Å². The van der Waals surface area contributed by atoms with E-state index >= 15 is 0 Å². The molecule has 2 heterocycles. The first-order valence-corrected chi connectivity index (χ1v) is 7.60. The van der Waals surface area contributed by atoms with Crippen LogP contribution in [0.2, 0.25) is 10.0 Å². The Labute approximate surface area is 143 Å². The van der Waals surface area contributed by atoms with Crippen molar-refractivity contribution >= 4 is 40.7 Å². The van der Waals surface area contributed by atoms with Gasteiger partial charge in [-0.25, -0.2) is 4.68 Å². The Morgan fingerprint density at radius 2 is 2.00 bits per heavy atom. The number of hydrogen-bond donors (Lipinski definition) is 1. The van der Waals surface area contributed by atoms with Gasteiger partial charge in [-0.3, -0.25) is 10.1 Å². The molecule has 11 heteroatoms. The summed E-state index contributed by atoms with van der Waals surface area (Å²) >= 11 is 13.2. The number of aromatic nitrogens is 3. The Morgan fingerprint density at radius 1 is 1.30 bits per heavy atom. The van der Waals surface area contributed by atoms with E-state index in [4.69, 9.17) is 33.5 Å². The molecule has 3 rings (SSSR count). The molecule has 2 N–H and O–H groups in total. The topological polar surface area (TPSA) is 113 Å². The second-order valence-electron chi connectivity index (χ2n) is 4.25. The Morgan fingerprint density at radius 3 is 2.57 bits per heavy atom. The number of halogens is 2. The minimum Gasteiger partial charge on any atom is -0.461 e. The van der Waals surface area contributed by atoms with Crippen molar-refractivity contribution in [3.63, 3.8) is 0 Å². The molecule has 0 atom stereocenters. The number of rotatable bonds is 4. The number of hydrogen-bond acceptors (Lipinski definition) is 7. The molecule has 118 valence electrons. The highest BCUT2D eigenvalue weighted by Crippen LogP contribution is 2.40. The molecule has 8 nitrogen and oxygen atoms in total. The average Bonchev–Trinajstić information content (AvgIpc) is 3.12. The normalized spacial score (nSPS) is 10.9. The highest BCUT2D eigenvalue weighted by atomic mass is 35.5. The van der Waals surface area contributed by atoms with Crippen molar-refractivity contribution < 1.29 is 9.34 Å². The Kier molecular flexibility index (Phi) is 4.16. The number of nitro benzene ring substituents is 1. The maximum Gasteiger partial charge on any atom is 0.272 e. The summed E-state index contributed by atoms with van der Waals surface area (Å²) in [6, 6.07) is 5.80. The van der Waals surface area contributed by atoms with Gasteiger partial charge in [-0.1, -0.05) is 23.2 Å². The smallest absolute Gasteiger partial charge is 0.272 e. The van der Waals surface area contributed by atoms with Gasteiger partial charge < -0.3 is 10.3 Å². The first-order valence-electron chi connectivity index (χ1n) is 6.03. The van der Waals surface area contributed by atoms with Crippen molar-refractivity contribution in [1.29, 1.82) is 0 Å². The Bertz CT molecular complexity index is 858. The summed E-state index contributed by atoms with van der Waals surface area (Å²) in [4.78, 5) is 10.6. The summed E-state index contributed by atoms with van der Waals surface area (Å²) in [6.07, 6.45) is 1.49. The standard InChI is InChI=1S/C12H7Cl2N5O3S/c13-7-4-6(19(20)21)5-8(14)10(7)23-12-17-16-11(18(12)15)9-2-1-3-22-9/h1-5H,15H2. The fourth-order valence-corrected chi connectivity index (χ4v) is 3.23. The van der Waals surface area contributed by atoms with Gasteiger partial charge in [0.05, 0.1) is 26.1 Å². The third-order valence-electron chi connectivity index (χ3n) is 2.79. The van der Waals surface area contributed by atoms with Gasteiger partial charge in [0.25, 0.3) is 5.69 Å². The molecular formula is C12H7Cl2N5O3S. The van der Waals surface area contributed by atoms with Gasteiger partial charge >= 0.3 is 0 Å². The van der Waals surface area contributed by atoms with Crippen LogP contribution in [0.1, 0.15) is 0 Å². The lowest BCUT2D eigenvalue weighted by Crippen LogP contribution is -2.11. The summed E-state index contributed by atoms with van der Waals surface area (Å²) in [5.41, 5.74) is -0.199. The predicted octanol–water partition coefficient (Wildman–Crippen LogP) is 3.62. The van der Waals surface area contributed by atoms with Crippen molar-refractivity contribution in [2.24, 2.45) is 0 Å². The zero-order valence-electron chi connectivity index (χ0n) is 11.1. The van der Waals surface area contributed by atoms with Crippen LogP contribution < -0.4 is 5.84 Å². The molecule has 0 bridgehead atoms. The fraction of sp³-hybridized carbons (Fsp3) is 0. The average molecular weight is 372 g/mol. The van der Waals surface area contributed by atoms with Gasteiger partial charge in [-0.15, -0.1) is 10.2 Å². The van der Waals surface area contributed by atoms with Crippen molar-refractivity contribution in [1.82, 2.24) is 14.9 Å². The molecule has 23 heavy (non-hydrogen) atoms. The summed E-state index contributed by atoms with van der Waals surface area (Å²) in [5, 5.41) is 19.2. The van der Waals surface area contributed by atoms with E-state index in [9.17, 15) is 10.1 Å². The van der Waals surface area contributed by atoms with Crippen LogP contribution in [0.3, 0.4) is 0 Å². The molecule has 0 aliphatic heterocycles. The van der Waals surface area contributed by atoms with Crippen LogP contribution in [0.5, 0.6) is 0 Å². The third kappa shape index (κ3) is 2.98.